The first kappa shape index (κ1) is 45.2. The van der Waals surface area contributed by atoms with E-state index in [0.29, 0.717) is 18.3 Å². The molecule has 10 bridgehead atoms. The lowest BCUT2D eigenvalue weighted by Crippen LogP contribution is -1.94. The summed E-state index contributed by atoms with van der Waals surface area (Å²) in [6, 6.07) is 11.2. The van der Waals surface area contributed by atoms with E-state index in [9.17, 15) is 5.11 Å². The fraction of sp³-hybridized carbons (Fsp3) is 0.471. The van der Waals surface area contributed by atoms with Crippen molar-refractivity contribution in [2.24, 2.45) is 11.8 Å². The largest absolute Gasteiger partial charge is 0.396 e. The van der Waals surface area contributed by atoms with Crippen LogP contribution in [-0.4, -0.2) is 36.6 Å². The SMILES string of the molecule is C=C(C)C.CC.CCC1=C(C)c2cc3nc(cc4nc(cc5[nH]c(cc6[nH]c(cc1n2)c(CC)c6CC)c(CCO)c5C)C(C)=C4CC(C)C)C(CC(C)C)=C3C. The molecule has 3 aliphatic rings. The molecule has 0 saturated carbocycles. The third kappa shape index (κ3) is 9.95. The van der Waals surface area contributed by atoms with Crippen LogP contribution in [0.4, 0.5) is 0 Å². The van der Waals surface area contributed by atoms with Crippen molar-refractivity contribution in [2.75, 3.05) is 6.61 Å². The van der Waals surface area contributed by atoms with Crippen LogP contribution in [0, 0.1) is 18.8 Å². The first-order chi connectivity index (χ1) is 27.1. The number of aliphatic hydroxyl groups is 1. The maximum absolute atomic E-state index is 10.2. The van der Waals surface area contributed by atoms with E-state index in [1.807, 2.05) is 27.7 Å². The maximum Gasteiger partial charge on any atom is 0.0694 e. The lowest BCUT2D eigenvalue weighted by atomic mass is 9.94. The van der Waals surface area contributed by atoms with Gasteiger partial charge in [0.15, 0.2) is 0 Å². The summed E-state index contributed by atoms with van der Waals surface area (Å²) in [4.78, 5) is 23.5. The normalized spacial score (nSPS) is 13.2. The van der Waals surface area contributed by atoms with Gasteiger partial charge in [0, 0.05) is 28.7 Å². The third-order valence-electron chi connectivity index (χ3n) is 10.9. The molecule has 3 aliphatic heterocycles. The molecule has 306 valence electrons. The summed E-state index contributed by atoms with van der Waals surface area (Å²) >= 11 is 0. The minimum absolute atomic E-state index is 0.0861. The summed E-state index contributed by atoms with van der Waals surface area (Å²) in [5.74, 6) is 0.973. The summed E-state index contributed by atoms with van der Waals surface area (Å²) in [6.07, 6.45) is 5.21. The molecule has 3 aromatic heterocycles. The fourth-order valence-corrected chi connectivity index (χ4v) is 8.17. The van der Waals surface area contributed by atoms with Crippen LogP contribution in [0.2, 0.25) is 0 Å². The van der Waals surface area contributed by atoms with Gasteiger partial charge in [0.1, 0.15) is 0 Å². The number of hydrogen-bond acceptors (Lipinski definition) is 4. The highest BCUT2D eigenvalue weighted by atomic mass is 16.3. The lowest BCUT2D eigenvalue weighted by Gasteiger charge is -2.10. The number of aryl methyl sites for hydroxylation is 3. The molecule has 6 heteroatoms. The summed E-state index contributed by atoms with van der Waals surface area (Å²) in [6.45, 7) is 36.2. The van der Waals surface area contributed by atoms with Crippen molar-refractivity contribution in [3.05, 3.63) is 98.9 Å². The van der Waals surface area contributed by atoms with Crippen LogP contribution in [0.3, 0.4) is 0 Å². The summed E-state index contributed by atoms with van der Waals surface area (Å²) in [7, 11) is 0. The van der Waals surface area contributed by atoms with Crippen molar-refractivity contribution >= 4 is 55.5 Å². The second-order valence-corrected chi connectivity index (χ2v) is 16.6. The molecule has 0 fully saturated rings. The first-order valence-corrected chi connectivity index (χ1v) is 21.5. The van der Waals surface area contributed by atoms with Gasteiger partial charge >= 0.3 is 0 Å². The standard InChI is InChI=1S/C45H57N5O.C4H8.C2H6/c1-12-30-26(8)36-19-38-28(10)34(17-24(4)5)44(48-38)23-45-35(18-25(6)7)29(11)39(49-45)20-37-27(9)33(15-16-51)43(47-37)22-42-32(14-3)31(13-2)41(50-42)21-40(30)46-36;1-4(2)3;1-2/h19-25,47,50-51H,12-18H2,1-11H3;1H2,2-3H3;1-2H3. The Hall–Kier alpha value is -4.55. The molecule has 0 aliphatic carbocycles. The molecule has 3 N–H and O–H groups in total. The van der Waals surface area contributed by atoms with Gasteiger partial charge < -0.3 is 15.1 Å². The van der Waals surface area contributed by atoms with Crippen LogP contribution in [0.1, 0.15) is 173 Å². The molecule has 0 unspecified atom stereocenters. The van der Waals surface area contributed by atoms with E-state index >= 15 is 0 Å². The van der Waals surface area contributed by atoms with Crippen molar-refractivity contribution in [1.82, 2.24) is 24.9 Å². The predicted molar refractivity (Wildman–Crippen MR) is 249 cm³/mol. The number of nitrogens with zero attached hydrogens (tertiary/aromatic N) is 3. The van der Waals surface area contributed by atoms with E-state index in [-0.39, 0.29) is 6.61 Å². The molecule has 0 saturated heterocycles. The van der Waals surface area contributed by atoms with Crippen molar-refractivity contribution in [3.8, 4) is 0 Å². The molecule has 0 aromatic carbocycles. The third-order valence-corrected chi connectivity index (χ3v) is 10.9. The molecule has 0 radical (unpaired) electrons. The Balaban J connectivity index is 0.00000113. The molecule has 0 amide bonds. The van der Waals surface area contributed by atoms with Crippen LogP contribution in [0.5, 0.6) is 0 Å². The van der Waals surface area contributed by atoms with Crippen LogP contribution in [-0.2, 0) is 19.3 Å². The zero-order valence-electron chi connectivity index (χ0n) is 38.0. The number of fused-ring (bicyclic) bond motifs is 10. The Kier molecular flexibility index (Phi) is 15.6. The Morgan fingerprint density at radius 3 is 1.37 bits per heavy atom. The van der Waals surface area contributed by atoms with E-state index in [4.69, 9.17) is 15.0 Å². The highest BCUT2D eigenvalue weighted by Gasteiger charge is 2.24. The van der Waals surface area contributed by atoms with Crippen molar-refractivity contribution in [3.63, 3.8) is 0 Å². The molecular formula is C51H71N5O. The summed E-state index contributed by atoms with van der Waals surface area (Å²) in [5.41, 5.74) is 23.9. The number of hydrogen-bond donors (Lipinski definition) is 3. The molecule has 0 spiro atoms. The molecule has 6 heterocycles. The predicted octanol–water partition coefficient (Wildman–Crippen LogP) is 14.0. The van der Waals surface area contributed by atoms with Gasteiger partial charge in [-0.3, -0.25) is 0 Å². The first-order valence-electron chi connectivity index (χ1n) is 21.5. The average Bonchev–Trinajstić information content (AvgIpc) is 3.89. The van der Waals surface area contributed by atoms with Crippen molar-refractivity contribution < 1.29 is 5.11 Å². The highest BCUT2D eigenvalue weighted by molar-refractivity contribution is 5.97. The van der Waals surface area contributed by atoms with Gasteiger partial charge in [-0.2, -0.15) is 0 Å². The number of allylic oxidation sites excluding steroid dienone is 7. The molecular weight excluding hydrogens is 699 g/mol. The van der Waals surface area contributed by atoms with Gasteiger partial charge in [-0.25, -0.2) is 15.0 Å². The average molecular weight is 770 g/mol. The van der Waals surface area contributed by atoms with Crippen molar-refractivity contribution in [1.29, 1.82) is 0 Å². The zero-order valence-corrected chi connectivity index (χ0v) is 38.0. The fourth-order valence-electron chi connectivity index (χ4n) is 8.17. The van der Waals surface area contributed by atoms with E-state index < -0.39 is 0 Å². The highest BCUT2D eigenvalue weighted by Crippen LogP contribution is 2.40. The van der Waals surface area contributed by atoms with Gasteiger partial charge in [0.25, 0.3) is 0 Å². The molecule has 6 nitrogen and oxygen atoms in total. The second kappa shape index (κ2) is 19.7. The monoisotopic (exact) mass is 770 g/mol. The van der Waals surface area contributed by atoms with Crippen LogP contribution < -0.4 is 0 Å². The minimum atomic E-state index is 0.0861. The maximum atomic E-state index is 10.2. The van der Waals surface area contributed by atoms with Crippen LogP contribution in [0.15, 0.2) is 42.5 Å². The van der Waals surface area contributed by atoms with Gasteiger partial charge in [-0.15, -0.1) is 6.58 Å². The smallest absolute Gasteiger partial charge is 0.0694 e. The quantitative estimate of drug-likeness (QED) is 0.189. The minimum Gasteiger partial charge on any atom is -0.396 e. The number of aromatic amines is 2. The Bertz CT molecular complexity index is 2320. The topological polar surface area (TPSA) is 90.5 Å². The molecule has 57 heavy (non-hydrogen) atoms. The summed E-state index contributed by atoms with van der Waals surface area (Å²) in [5, 5.41) is 10.2. The zero-order chi connectivity index (χ0) is 42.3. The summed E-state index contributed by atoms with van der Waals surface area (Å²) < 4.78 is 0. The van der Waals surface area contributed by atoms with Crippen LogP contribution >= 0.6 is 0 Å². The van der Waals surface area contributed by atoms with E-state index in [1.54, 1.807) is 0 Å². The number of H-pyrrole nitrogens is 2. The van der Waals surface area contributed by atoms with Gasteiger partial charge in [0.2, 0.25) is 0 Å². The Labute approximate surface area is 344 Å². The Morgan fingerprint density at radius 2 is 0.930 bits per heavy atom. The van der Waals surface area contributed by atoms with Gasteiger partial charge in [-0.05, 0) is 178 Å². The Morgan fingerprint density at radius 1 is 0.561 bits per heavy atom. The molecule has 6 rings (SSSR count). The van der Waals surface area contributed by atoms with E-state index in [1.165, 1.54) is 50.1 Å². The molecule has 3 aromatic rings. The second-order valence-electron chi connectivity index (χ2n) is 16.6. The molecule has 0 atom stereocenters. The number of aromatic nitrogens is 5. The van der Waals surface area contributed by atoms with Crippen molar-refractivity contribution in [2.45, 2.75) is 142 Å². The van der Waals surface area contributed by atoms with Gasteiger partial charge in [-0.1, -0.05) is 67.9 Å². The van der Waals surface area contributed by atoms with E-state index in [2.05, 4.69) is 123 Å². The number of aliphatic hydroxyl groups excluding tert-OH is 1. The number of rotatable bonds is 9. The van der Waals surface area contributed by atoms with E-state index in [0.717, 1.165) is 99.5 Å². The lowest BCUT2D eigenvalue weighted by molar-refractivity contribution is 0.300. The van der Waals surface area contributed by atoms with Crippen LogP contribution in [0.25, 0.3) is 55.5 Å². The van der Waals surface area contributed by atoms with Gasteiger partial charge in [0.05, 0.1) is 34.2 Å². The number of nitrogens with one attached hydrogen (secondary N) is 2.